The molecule has 0 bridgehead atoms. The van der Waals surface area contributed by atoms with Crippen molar-refractivity contribution in [1.82, 2.24) is 9.78 Å². The molecule has 6 heteroatoms. The fourth-order valence-electron chi connectivity index (χ4n) is 1.61. The van der Waals surface area contributed by atoms with Crippen molar-refractivity contribution in [3.63, 3.8) is 0 Å². The molecule has 0 aromatic carbocycles. The molecular formula is C12H13ClN2O2S. The average Bonchev–Trinajstić information content (AvgIpc) is 2.94. The first kappa shape index (κ1) is 13.1. The maximum absolute atomic E-state index is 11.6. The molecule has 2 aromatic rings. The summed E-state index contributed by atoms with van der Waals surface area (Å²) in [6, 6.07) is 5.49. The van der Waals surface area contributed by atoms with E-state index in [1.54, 1.807) is 17.7 Å². The largest absolute Gasteiger partial charge is 0.461 e. The lowest BCUT2D eigenvalue weighted by Gasteiger charge is -2.00. The molecule has 0 fully saturated rings. The third-order valence-electron chi connectivity index (χ3n) is 2.39. The van der Waals surface area contributed by atoms with Gasteiger partial charge in [-0.1, -0.05) is 11.6 Å². The summed E-state index contributed by atoms with van der Waals surface area (Å²) in [6.07, 6.45) is 0. The number of nitrogens with zero attached hydrogens (tertiary/aromatic N) is 2. The van der Waals surface area contributed by atoms with Crippen molar-refractivity contribution in [1.29, 1.82) is 0 Å². The van der Waals surface area contributed by atoms with E-state index in [2.05, 4.69) is 5.10 Å². The maximum atomic E-state index is 11.6. The molecule has 0 aliphatic heterocycles. The minimum atomic E-state index is -0.395. The zero-order chi connectivity index (χ0) is 13.1. The fourth-order valence-corrected chi connectivity index (χ4v) is 2.68. The van der Waals surface area contributed by atoms with Crippen LogP contribution in [0.1, 0.15) is 24.3 Å². The summed E-state index contributed by atoms with van der Waals surface area (Å²) in [5.74, 6) is -0.395. The lowest BCUT2D eigenvalue weighted by Crippen LogP contribution is -2.06. The lowest BCUT2D eigenvalue weighted by molar-refractivity contribution is 0.0518. The van der Waals surface area contributed by atoms with Crippen LogP contribution in [0.3, 0.4) is 0 Å². The van der Waals surface area contributed by atoms with Crippen LogP contribution in [-0.4, -0.2) is 22.4 Å². The number of halogens is 1. The number of hydrogen-bond acceptors (Lipinski definition) is 4. The number of thiophene rings is 1. The molecule has 2 aromatic heterocycles. The highest BCUT2D eigenvalue weighted by atomic mass is 35.5. The van der Waals surface area contributed by atoms with E-state index in [0.29, 0.717) is 23.2 Å². The van der Waals surface area contributed by atoms with Gasteiger partial charge in [0.15, 0.2) is 5.69 Å². The van der Waals surface area contributed by atoms with Crippen LogP contribution in [0.25, 0.3) is 10.6 Å². The second-order valence-corrected chi connectivity index (χ2v) is 5.27. The molecule has 18 heavy (non-hydrogen) atoms. The molecule has 0 unspecified atom stereocenters. The normalized spacial score (nSPS) is 10.6. The summed E-state index contributed by atoms with van der Waals surface area (Å²) in [7, 11) is 0. The summed E-state index contributed by atoms with van der Waals surface area (Å²) in [5, 5.41) is 4.24. The third-order valence-corrected chi connectivity index (χ3v) is 3.64. The van der Waals surface area contributed by atoms with E-state index in [4.69, 9.17) is 16.3 Å². The predicted octanol–water partition coefficient (Wildman–Crippen LogP) is 3.46. The molecule has 0 saturated heterocycles. The number of aromatic nitrogens is 2. The molecule has 0 radical (unpaired) electrons. The molecule has 2 rings (SSSR count). The molecule has 96 valence electrons. The van der Waals surface area contributed by atoms with Gasteiger partial charge in [-0.25, -0.2) is 4.79 Å². The predicted molar refractivity (Wildman–Crippen MR) is 72.2 cm³/mol. The minimum absolute atomic E-state index is 0.332. The zero-order valence-electron chi connectivity index (χ0n) is 10.1. The highest BCUT2D eigenvalue weighted by molar-refractivity contribution is 7.19. The summed E-state index contributed by atoms with van der Waals surface area (Å²) in [5.41, 5.74) is 1.22. The Hall–Kier alpha value is -1.33. The van der Waals surface area contributed by atoms with Crippen LogP contribution in [0.5, 0.6) is 0 Å². The van der Waals surface area contributed by atoms with Gasteiger partial charge in [0.1, 0.15) is 0 Å². The fraction of sp³-hybridized carbons (Fsp3) is 0.333. The van der Waals surface area contributed by atoms with Crippen molar-refractivity contribution in [3.8, 4) is 10.6 Å². The smallest absolute Gasteiger partial charge is 0.358 e. The van der Waals surface area contributed by atoms with E-state index in [-0.39, 0.29) is 0 Å². The standard InChI is InChI=1S/C12H13ClN2O2S/c1-3-15-9(10-5-6-11(13)18-10)7-8(14-15)12(16)17-4-2/h5-7H,3-4H2,1-2H3. The number of esters is 1. The molecule has 2 heterocycles. The highest BCUT2D eigenvalue weighted by Gasteiger charge is 2.16. The van der Waals surface area contributed by atoms with Crippen LogP contribution in [0, 0.1) is 0 Å². The van der Waals surface area contributed by atoms with E-state index in [1.165, 1.54) is 11.3 Å². The van der Waals surface area contributed by atoms with E-state index in [1.807, 2.05) is 19.1 Å². The van der Waals surface area contributed by atoms with E-state index in [0.717, 1.165) is 10.6 Å². The monoisotopic (exact) mass is 284 g/mol. The summed E-state index contributed by atoms with van der Waals surface area (Å²) < 4.78 is 7.43. The Morgan fingerprint density at radius 2 is 2.28 bits per heavy atom. The number of rotatable bonds is 4. The Kier molecular flexibility index (Phi) is 4.04. The highest BCUT2D eigenvalue weighted by Crippen LogP contribution is 2.31. The number of aryl methyl sites for hydroxylation is 1. The Labute approximate surface area is 114 Å². The van der Waals surface area contributed by atoms with Gasteiger partial charge in [-0.15, -0.1) is 11.3 Å². The Balaban J connectivity index is 2.38. The Morgan fingerprint density at radius 3 is 2.83 bits per heavy atom. The van der Waals surface area contributed by atoms with Gasteiger partial charge in [0.25, 0.3) is 0 Å². The first-order valence-corrected chi connectivity index (χ1v) is 6.85. The van der Waals surface area contributed by atoms with Gasteiger partial charge in [-0.05, 0) is 32.0 Å². The van der Waals surface area contributed by atoms with Crippen molar-refractivity contribution in [2.24, 2.45) is 0 Å². The first-order chi connectivity index (χ1) is 8.65. The van der Waals surface area contributed by atoms with E-state index >= 15 is 0 Å². The molecule has 0 aliphatic carbocycles. The quantitative estimate of drug-likeness (QED) is 0.808. The first-order valence-electron chi connectivity index (χ1n) is 5.66. The van der Waals surface area contributed by atoms with Gasteiger partial charge in [-0.2, -0.15) is 5.10 Å². The molecule has 4 nitrogen and oxygen atoms in total. The number of ether oxygens (including phenoxy) is 1. The van der Waals surface area contributed by atoms with Crippen molar-refractivity contribution in [2.75, 3.05) is 6.61 Å². The molecule has 0 N–H and O–H groups in total. The molecule has 0 spiro atoms. The summed E-state index contributed by atoms with van der Waals surface area (Å²) in [4.78, 5) is 12.6. The van der Waals surface area contributed by atoms with E-state index in [9.17, 15) is 4.79 Å². The van der Waals surface area contributed by atoms with Gasteiger partial charge in [0.2, 0.25) is 0 Å². The average molecular weight is 285 g/mol. The summed E-state index contributed by atoms with van der Waals surface area (Å²) in [6.45, 7) is 4.78. The van der Waals surface area contributed by atoms with Crippen LogP contribution in [-0.2, 0) is 11.3 Å². The molecule has 0 aliphatic rings. The minimum Gasteiger partial charge on any atom is -0.461 e. The Morgan fingerprint density at radius 1 is 1.50 bits per heavy atom. The van der Waals surface area contributed by atoms with Gasteiger partial charge < -0.3 is 4.74 Å². The van der Waals surface area contributed by atoms with Crippen molar-refractivity contribution in [2.45, 2.75) is 20.4 Å². The maximum Gasteiger partial charge on any atom is 0.358 e. The second-order valence-electron chi connectivity index (χ2n) is 3.55. The number of hydrogen-bond donors (Lipinski definition) is 0. The van der Waals surface area contributed by atoms with Crippen molar-refractivity contribution >= 4 is 28.9 Å². The number of carbonyl (C=O) groups is 1. The van der Waals surface area contributed by atoms with Crippen LogP contribution in [0.4, 0.5) is 0 Å². The Bertz CT molecular complexity index is 562. The topological polar surface area (TPSA) is 44.1 Å². The zero-order valence-corrected chi connectivity index (χ0v) is 11.7. The van der Waals surface area contributed by atoms with Crippen LogP contribution in [0.15, 0.2) is 18.2 Å². The molecular weight excluding hydrogens is 272 g/mol. The van der Waals surface area contributed by atoms with Crippen LogP contribution in [0.2, 0.25) is 4.34 Å². The van der Waals surface area contributed by atoms with Crippen LogP contribution < -0.4 is 0 Å². The number of carbonyl (C=O) groups excluding carboxylic acids is 1. The van der Waals surface area contributed by atoms with Gasteiger partial charge in [0, 0.05) is 6.54 Å². The van der Waals surface area contributed by atoms with Crippen molar-refractivity contribution < 1.29 is 9.53 Å². The van der Waals surface area contributed by atoms with E-state index < -0.39 is 5.97 Å². The third kappa shape index (κ3) is 2.57. The SMILES string of the molecule is CCOC(=O)c1cc(-c2ccc(Cl)s2)n(CC)n1. The lowest BCUT2D eigenvalue weighted by atomic mass is 10.3. The molecule has 0 atom stereocenters. The van der Waals surface area contributed by atoms with Crippen LogP contribution >= 0.6 is 22.9 Å². The molecule has 0 saturated carbocycles. The van der Waals surface area contributed by atoms with Crippen molar-refractivity contribution in [3.05, 3.63) is 28.2 Å². The van der Waals surface area contributed by atoms with Gasteiger partial charge >= 0.3 is 5.97 Å². The second kappa shape index (κ2) is 5.54. The molecule has 0 amide bonds. The van der Waals surface area contributed by atoms with Gasteiger partial charge in [-0.3, -0.25) is 4.68 Å². The van der Waals surface area contributed by atoms with Gasteiger partial charge in [0.05, 0.1) is 21.5 Å². The summed E-state index contributed by atoms with van der Waals surface area (Å²) >= 11 is 7.38.